The normalized spacial score (nSPS) is 11.0. The molecule has 0 aliphatic heterocycles. The van der Waals surface area contributed by atoms with Gasteiger partial charge in [-0.3, -0.25) is 4.98 Å². The second-order valence-electron chi connectivity index (χ2n) is 6.62. The minimum Gasteiger partial charge on any atom is -0.256 e. The fourth-order valence-electron chi connectivity index (χ4n) is 3.07. The number of nitrogens with zero attached hydrogens (tertiary/aromatic N) is 1. The Kier molecular flexibility index (Phi) is 5.10. The van der Waals surface area contributed by atoms with Gasteiger partial charge in [-0.25, -0.2) is 0 Å². The fourth-order valence-corrected chi connectivity index (χ4v) is 3.07. The lowest BCUT2D eigenvalue weighted by Gasteiger charge is -2.13. The number of benzene rings is 2. The van der Waals surface area contributed by atoms with Crippen LogP contribution < -0.4 is 0 Å². The third-order valence-corrected chi connectivity index (χ3v) is 4.46. The summed E-state index contributed by atoms with van der Waals surface area (Å²) in [6.07, 6.45) is 4.16. The van der Waals surface area contributed by atoms with Crippen molar-refractivity contribution in [2.75, 3.05) is 0 Å². The van der Waals surface area contributed by atoms with Crippen molar-refractivity contribution in [3.8, 4) is 22.4 Å². The van der Waals surface area contributed by atoms with Gasteiger partial charge in [0.1, 0.15) is 0 Å². The first kappa shape index (κ1) is 16.4. The van der Waals surface area contributed by atoms with E-state index in [1.54, 1.807) is 0 Å². The molecule has 0 aliphatic rings. The molecule has 0 amide bonds. The second-order valence-corrected chi connectivity index (χ2v) is 6.62. The van der Waals surface area contributed by atoms with Crippen molar-refractivity contribution < 1.29 is 0 Å². The Morgan fingerprint density at radius 2 is 1.67 bits per heavy atom. The van der Waals surface area contributed by atoms with E-state index in [0.717, 1.165) is 18.5 Å². The molecule has 0 saturated heterocycles. The van der Waals surface area contributed by atoms with Gasteiger partial charge in [0.05, 0.1) is 5.69 Å². The third-order valence-electron chi connectivity index (χ3n) is 4.46. The highest BCUT2D eigenvalue weighted by atomic mass is 14.7. The van der Waals surface area contributed by atoms with Crippen LogP contribution in [0.15, 0.2) is 66.9 Å². The van der Waals surface area contributed by atoms with Gasteiger partial charge in [-0.2, -0.15) is 0 Å². The summed E-state index contributed by atoms with van der Waals surface area (Å²) in [5.41, 5.74) is 7.57. The second kappa shape index (κ2) is 7.44. The molecule has 0 fully saturated rings. The molecule has 1 aromatic heterocycles. The highest BCUT2D eigenvalue weighted by molar-refractivity contribution is 5.74. The maximum Gasteiger partial charge on any atom is 0.0707 e. The molecule has 3 rings (SSSR count). The van der Waals surface area contributed by atoms with Gasteiger partial charge in [0.15, 0.2) is 0 Å². The fraction of sp³-hybridized carbons (Fsp3) is 0.261. The van der Waals surface area contributed by atoms with Crippen molar-refractivity contribution in [3.63, 3.8) is 0 Å². The van der Waals surface area contributed by atoms with Crippen LogP contribution in [0.3, 0.4) is 0 Å². The molecule has 1 nitrogen and oxygen atoms in total. The van der Waals surface area contributed by atoms with E-state index in [4.69, 9.17) is 0 Å². The average Bonchev–Trinajstić information content (AvgIpc) is 2.63. The van der Waals surface area contributed by atoms with Gasteiger partial charge in [0.25, 0.3) is 0 Å². The molecule has 0 aliphatic carbocycles. The summed E-state index contributed by atoms with van der Waals surface area (Å²) in [6, 6.07) is 21.7. The zero-order valence-electron chi connectivity index (χ0n) is 14.8. The summed E-state index contributed by atoms with van der Waals surface area (Å²) in [4.78, 5) is 4.67. The van der Waals surface area contributed by atoms with Crippen molar-refractivity contribution >= 4 is 0 Å². The van der Waals surface area contributed by atoms with Gasteiger partial charge >= 0.3 is 0 Å². The van der Waals surface area contributed by atoms with E-state index in [1.165, 1.54) is 27.8 Å². The van der Waals surface area contributed by atoms with Crippen LogP contribution in [0, 0.1) is 0 Å². The largest absolute Gasteiger partial charge is 0.256 e. The van der Waals surface area contributed by atoms with Crippen molar-refractivity contribution in [1.82, 2.24) is 4.98 Å². The highest BCUT2D eigenvalue weighted by Crippen LogP contribution is 2.30. The zero-order chi connectivity index (χ0) is 16.9. The number of hydrogen-bond acceptors (Lipinski definition) is 1. The zero-order valence-corrected chi connectivity index (χ0v) is 14.8. The molecule has 0 N–H and O–H groups in total. The molecule has 0 spiro atoms. The summed E-state index contributed by atoms with van der Waals surface area (Å²) in [7, 11) is 0. The summed E-state index contributed by atoms with van der Waals surface area (Å²) >= 11 is 0. The molecule has 24 heavy (non-hydrogen) atoms. The number of aromatic nitrogens is 1. The molecule has 0 saturated carbocycles. The van der Waals surface area contributed by atoms with Crippen molar-refractivity contribution in [1.29, 1.82) is 0 Å². The van der Waals surface area contributed by atoms with Crippen LogP contribution in [0.25, 0.3) is 22.4 Å². The van der Waals surface area contributed by atoms with Crippen molar-refractivity contribution in [2.24, 2.45) is 0 Å². The Bertz CT molecular complexity index is 803. The molecule has 0 radical (unpaired) electrons. The molecule has 0 unspecified atom stereocenters. The molecule has 122 valence electrons. The quantitative estimate of drug-likeness (QED) is 0.524. The number of hydrogen-bond donors (Lipinski definition) is 0. The summed E-state index contributed by atoms with van der Waals surface area (Å²) in [5, 5.41) is 0. The van der Waals surface area contributed by atoms with Crippen LogP contribution >= 0.6 is 0 Å². The molecule has 2 aromatic carbocycles. The number of pyridine rings is 1. The van der Waals surface area contributed by atoms with Gasteiger partial charge in [-0.1, -0.05) is 69.7 Å². The lowest BCUT2D eigenvalue weighted by atomic mass is 9.93. The van der Waals surface area contributed by atoms with Gasteiger partial charge in [0.2, 0.25) is 0 Å². The molecule has 1 heterocycles. The van der Waals surface area contributed by atoms with Crippen LogP contribution in [0.5, 0.6) is 0 Å². The monoisotopic (exact) mass is 315 g/mol. The smallest absolute Gasteiger partial charge is 0.0707 e. The number of aryl methyl sites for hydroxylation is 1. The van der Waals surface area contributed by atoms with E-state index < -0.39 is 0 Å². The first-order valence-electron chi connectivity index (χ1n) is 8.83. The summed E-state index contributed by atoms with van der Waals surface area (Å²) in [6.45, 7) is 6.69. The van der Waals surface area contributed by atoms with E-state index >= 15 is 0 Å². The van der Waals surface area contributed by atoms with Crippen molar-refractivity contribution in [2.45, 2.75) is 39.5 Å². The van der Waals surface area contributed by atoms with E-state index in [1.807, 2.05) is 6.20 Å². The first-order chi connectivity index (χ1) is 11.7. The molecule has 0 bridgehead atoms. The topological polar surface area (TPSA) is 12.9 Å². The molecular weight excluding hydrogens is 290 g/mol. The summed E-state index contributed by atoms with van der Waals surface area (Å²) in [5.74, 6) is 0.513. The molecule has 0 atom stereocenters. The highest BCUT2D eigenvalue weighted by Gasteiger charge is 2.10. The van der Waals surface area contributed by atoms with E-state index in [-0.39, 0.29) is 0 Å². The van der Waals surface area contributed by atoms with Gasteiger partial charge in [-0.05, 0) is 52.8 Å². The Balaban J connectivity index is 2.12. The Labute approximate surface area is 145 Å². The van der Waals surface area contributed by atoms with Crippen LogP contribution in [-0.4, -0.2) is 4.98 Å². The predicted octanol–water partition coefficient (Wildman–Crippen LogP) is 6.49. The molecule has 1 heteroatoms. The predicted molar refractivity (Wildman–Crippen MR) is 103 cm³/mol. The van der Waals surface area contributed by atoms with Gasteiger partial charge < -0.3 is 0 Å². The Morgan fingerprint density at radius 1 is 0.875 bits per heavy atom. The molecule has 3 aromatic rings. The first-order valence-corrected chi connectivity index (χ1v) is 8.83. The summed E-state index contributed by atoms with van der Waals surface area (Å²) < 4.78 is 0. The van der Waals surface area contributed by atoms with E-state index in [2.05, 4.69) is 86.4 Å². The maximum atomic E-state index is 4.67. The van der Waals surface area contributed by atoms with Crippen LogP contribution in [0.2, 0.25) is 0 Å². The van der Waals surface area contributed by atoms with Crippen LogP contribution in [0.4, 0.5) is 0 Å². The maximum absolute atomic E-state index is 4.67. The standard InChI is InChI=1S/C23H25N/c1-4-8-19-11-12-21(18-9-6-5-7-10-18)15-22(19)23-16-20(17(2)3)13-14-24-23/h5-7,9-17H,4,8H2,1-3H3. The number of rotatable bonds is 5. The minimum absolute atomic E-state index is 0.513. The van der Waals surface area contributed by atoms with E-state index in [0.29, 0.717) is 5.92 Å². The average molecular weight is 315 g/mol. The van der Waals surface area contributed by atoms with Crippen LogP contribution in [0.1, 0.15) is 44.2 Å². The van der Waals surface area contributed by atoms with Crippen molar-refractivity contribution in [3.05, 3.63) is 78.0 Å². The SMILES string of the molecule is CCCc1ccc(-c2ccccc2)cc1-c1cc(C(C)C)ccn1. The molecular formula is C23H25N. The minimum atomic E-state index is 0.513. The Morgan fingerprint density at radius 3 is 2.38 bits per heavy atom. The van der Waals surface area contributed by atoms with Gasteiger partial charge in [-0.15, -0.1) is 0 Å². The lowest BCUT2D eigenvalue weighted by molar-refractivity contribution is 0.863. The third kappa shape index (κ3) is 3.56. The van der Waals surface area contributed by atoms with Gasteiger partial charge in [0, 0.05) is 11.8 Å². The van der Waals surface area contributed by atoms with E-state index in [9.17, 15) is 0 Å². The Hall–Kier alpha value is -2.41. The lowest BCUT2D eigenvalue weighted by Crippen LogP contribution is -1.95. The van der Waals surface area contributed by atoms with Crippen LogP contribution in [-0.2, 0) is 6.42 Å².